The van der Waals surface area contributed by atoms with Crippen LogP contribution in [0, 0.1) is 0 Å². The average molecular weight is 369 g/mol. The van der Waals surface area contributed by atoms with E-state index in [4.69, 9.17) is 0 Å². The van der Waals surface area contributed by atoms with Crippen molar-refractivity contribution < 1.29 is 13.6 Å². The molecule has 1 N–H and O–H groups in total. The van der Waals surface area contributed by atoms with Crippen molar-refractivity contribution in [3.63, 3.8) is 0 Å². The number of carbonyl (C=O) groups is 1. The van der Waals surface area contributed by atoms with Gasteiger partial charge in [-0.2, -0.15) is 0 Å². The van der Waals surface area contributed by atoms with Crippen LogP contribution < -0.4 is 0 Å². The molecule has 7 heteroatoms. The van der Waals surface area contributed by atoms with Crippen LogP contribution in [0.25, 0.3) is 22.2 Å². The summed E-state index contributed by atoms with van der Waals surface area (Å²) < 4.78 is 23.1. The van der Waals surface area contributed by atoms with E-state index in [1.165, 1.54) is 0 Å². The maximum Gasteiger partial charge on any atom is 0.227 e. The smallest absolute Gasteiger partial charge is 0.227 e. The number of H-pyrrole nitrogens is 1. The maximum absolute atomic E-state index is 12.6. The Morgan fingerprint density at radius 1 is 1.19 bits per heavy atom. The molecule has 1 saturated heterocycles. The lowest BCUT2D eigenvalue weighted by molar-refractivity contribution is -0.130. The zero-order valence-corrected chi connectivity index (χ0v) is 15.0. The van der Waals surface area contributed by atoms with Gasteiger partial charge >= 0.3 is 0 Å². The van der Waals surface area contributed by atoms with E-state index in [0.717, 1.165) is 27.7 Å². The second kappa shape index (κ2) is 6.66. The zero-order valence-electron chi connectivity index (χ0n) is 14.2. The summed E-state index contributed by atoms with van der Waals surface area (Å²) in [5.41, 5.74) is 3.69. The van der Waals surface area contributed by atoms with Crippen molar-refractivity contribution in [2.24, 2.45) is 0 Å². The lowest BCUT2D eigenvalue weighted by Gasteiger charge is -2.29. The first-order chi connectivity index (χ1) is 12.5. The number of amides is 1. The molecule has 4 rings (SSSR count). The predicted molar refractivity (Wildman–Crippen MR) is 100 cm³/mol. The van der Waals surface area contributed by atoms with Gasteiger partial charge in [-0.1, -0.05) is 30.3 Å². The molecule has 1 amide bonds. The minimum absolute atomic E-state index is 0.0480. The van der Waals surface area contributed by atoms with Crippen molar-refractivity contribution in [1.82, 2.24) is 14.9 Å². The van der Waals surface area contributed by atoms with Crippen LogP contribution in [0.4, 0.5) is 0 Å². The van der Waals surface area contributed by atoms with Gasteiger partial charge in [0.05, 0.1) is 29.7 Å². The highest BCUT2D eigenvalue weighted by Gasteiger charge is 2.28. The number of aromatic nitrogens is 2. The highest BCUT2D eigenvalue weighted by molar-refractivity contribution is 7.97. The Balaban J connectivity index is 1.57. The van der Waals surface area contributed by atoms with E-state index in [2.05, 4.69) is 9.97 Å². The minimum atomic E-state index is -2.99. The Hall–Kier alpha value is -2.51. The second-order valence-corrected chi connectivity index (χ2v) is 8.81. The molecule has 0 aliphatic carbocycles. The van der Waals surface area contributed by atoms with Gasteiger partial charge in [0.2, 0.25) is 5.91 Å². The number of hydrogen-bond acceptors (Lipinski definition) is 4. The number of fused-ring (bicyclic) bond motifs is 1. The van der Waals surface area contributed by atoms with Crippen LogP contribution in [-0.2, 0) is 25.6 Å². The molecule has 26 heavy (non-hydrogen) atoms. The topological polar surface area (TPSA) is 89.1 Å². The number of pyridine rings is 1. The minimum Gasteiger partial charge on any atom is -0.615 e. The molecule has 0 radical (unpaired) electrons. The largest absolute Gasteiger partial charge is 0.615 e. The number of nitrogens with zero attached hydrogens (tertiary/aromatic N) is 2. The van der Waals surface area contributed by atoms with Crippen molar-refractivity contribution in [3.05, 3.63) is 54.4 Å². The lowest BCUT2D eigenvalue weighted by Crippen LogP contribution is -2.46. The molecule has 3 aromatic rings. The predicted octanol–water partition coefficient (Wildman–Crippen LogP) is 2.24. The van der Waals surface area contributed by atoms with Crippen molar-refractivity contribution >= 4 is 27.2 Å². The molecule has 1 aromatic carbocycles. The summed E-state index contributed by atoms with van der Waals surface area (Å²) >= 11 is 0. The standard InChI is InChI=1S/C19H19N3O3S/c23-18(22-6-8-26(24,25)9-7-22)11-16-13-21-19-17(16)10-15(12-20-19)14-4-2-1-3-5-14/h1-5,10,12-13H,6-9,11H2,(H-,20,21,24,25). The number of hydrogen-bond donors (Lipinski definition) is 1. The molecule has 0 spiro atoms. The van der Waals surface area contributed by atoms with Crippen molar-refractivity contribution in [2.45, 2.75) is 6.42 Å². The Morgan fingerprint density at radius 2 is 1.92 bits per heavy atom. The molecule has 0 bridgehead atoms. The summed E-state index contributed by atoms with van der Waals surface area (Å²) in [7, 11) is -2.99. The van der Waals surface area contributed by atoms with Gasteiger partial charge in [-0.3, -0.25) is 4.79 Å². The van der Waals surface area contributed by atoms with Gasteiger partial charge in [0.1, 0.15) is 17.2 Å². The van der Waals surface area contributed by atoms with Gasteiger partial charge in [-0.15, -0.1) is 4.21 Å². The molecule has 1 aliphatic heterocycles. The number of carbonyl (C=O) groups excluding carboxylic acids is 1. The van der Waals surface area contributed by atoms with Gasteiger partial charge in [0.15, 0.2) is 0 Å². The summed E-state index contributed by atoms with van der Waals surface area (Å²) in [5, 5.41) is 0.921. The summed E-state index contributed by atoms with van der Waals surface area (Å²) in [4.78, 5) is 21.8. The number of benzene rings is 1. The molecule has 1 fully saturated rings. The maximum atomic E-state index is 12.6. The molecular weight excluding hydrogens is 350 g/mol. The monoisotopic (exact) mass is 369 g/mol. The molecule has 2 aromatic heterocycles. The van der Waals surface area contributed by atoms with E-state index in [0.29, 0.717) is 0 Å². The number of sulfone groups is 1. The quantitative estimate of drug-likeness (QED) is 0.717. The number of aromatic amines is 1. The molecule has 6 nitrogen and oxygen atoms in total. The molecule has 0 unspecified atom stereocenters. The second-order valence-electron chi connectivity index (χ2n) is 6.51. The highest BCUT2D eigenvalue weighted by atomic mass is 32.3. The first-order valence-corrected chi connectivity index (χ1v) is 10.3. The zero-order chi connectivity index (χ0) is 18.1. The first-order valence-electron chi connectivity index (χ1n) is 8.51. The first kappa shape index (κ1) is 16.9. The van der Waals surface area contributed by atoms with Crippen LogP contribution in [0.1, 0.15) is 5.56 Å². The van der Waals surface area contributed by atoms with Gasteiger partial charge in [-0.25, -0.2) is 4.98 Å². The van der Waals surface area contributed by atoms with E-state index in [1.54, 1.807) is 4.90 Å². The summed E-state index contributed by atoms with van der Waals surface area (Å²) in [6.45, 7) is 0.550. The van der Waals surface area contributed by atoms with E-state index in [9.17, 15) is 13.6 Å². The molecule has 134 valence electrons. The van der Waals surface area contributed by atoms with Crippen molar-refractivity contribution in [3.8, 4) is 11.1 Å². The van der Waals surface area contributed by atoms with Crippen molar-refractivity contribution in [1.29, 1.82) is 0 Å². The third-order valence-corrected chi connectivity index (χ3v) is 6.37. The van der Waals surface area contributed by atoms with E-state index in [1.807, 2.05) is 48.8 Å². The highest BCUT2D eigenvalue weighted by Crippen LogP contribution is 2.25. The van der Waals surface area contributed by atoms with Gasteiger partial charge in [0.25, 0.3) is 0 Å². The number of rotatable bonds is 3. The van der Waals surface area contributed by atoms with Crippen LogP contribution in [0.5, 0.6) is 0 Å². The molecule has 0 saturated carbocycles. The van der Waals surface area contributed by atoms with Crippen molar-refractivity contribution in [2.75, 3.05) is 24.6 Å². The van der Waals surface area contributed by atoms with Crippen LogP contribution in [0.3, 0.4) is 0 Å². The third-order valence-electron chi connectivity index (χ3n) is 4.76. The van der Waals surface area contributed by atoms with Gasteiger partial charge in [-0.05, 0) is 17.2 Å². The Kier molecular flexibility index (Phi) is 4.34. The van der Waals surface area contributed by atoms with Crippen LogP contribution in [0.15, 0.2) is 48.8 Å². The summed E-state index contributed by atoms with van der Waals surface area (Å²) in [5.74, 6) is 0.0458. The molecule has 0 atom stereocenters. The van der Waals surface area contributed by atoms with E-state index >= 15 is 0 Å². The lowest BCUT2D eigenvalue weighted by atomic mass is 10.0. The molecule has 3 heterocycles. The van der Waals surface area contributed by atoms with Crippen LogP contribution in [0.2, 0.25) is 0 Å². The summed E-state index contributed by atoms with van der Waals surface area (Å²) in [6.07, 6.45) is 3.86. The summed E-state index contributed by atoms with van der Waals surface area (Å²) in [6, 6.07) is 12.0. The van der Waals surface area contributed by atoms with Crippen LogP contribution >= 0.6 is 0 Å². The Labute approximate surface area is 152 Å². The third kappa shape index (κ3) is 3.40. The molecule has 1 aliphatic rings. The fourth-order valence-electron chi connectivity index (χ4n) is 3.23. The SMILES string of the molecule is O=C(Cc1c[nH]c2ncc(-c3ccccc3)cc12)N1CC[S+](=O)([O-])CC1. The van der Waals surface area contributed by atoms with Gasteiger partial charge in [0, 0.05) is 23.3 Å². The Morgan fingerprint density at radius 3 is 2.65 bits per heavy atom. The van der Waals surface area contributed by atoms with Gasteiger partial charge < -0.3 is 14.4 Å². The fraction of sp³-hybridized carbons (Fsp3) is 0.263. The number of nitrogens with one attached hydrogen (secondary N) is 1. The van der Waals surface area contributed by atoms with E-state index in [-0.39, 0.29) is 36.9 Å². The molecular formula is C19H19N3O3S. The normalized spacial score (nSPS) is 16.7. The van der Waals surface area contributed by atoms with E-state index < -0.39 is 10.2 Å². The Bertz CT molecular complexity index is 988. The fourth-order valence-corrected chi connectivity index (χ4v) is 4.43. The average Bonchev–Trinajstić information content (AvgIpc) is 3.04. The van der Waals surface area contributed by atoms with Crippen LogP contribution in [-0.4, -0.2) is 49.9 Å².